The molecule has 0 saturated heterocycles. The summed E-state index contributed by atoms with van der Waals surface area (Å²) in [4.78, 5) is 12.6. The zero-order valence-corrected chi connectivity index (χ0v) is 15.4. The number of benzene rings is 2. The Hall–Kier alpha value is -2.47. The maximum atomic E-state index is 12.6. The molecular formula is C19H16BrNO4. The molecule has 0 fully saturated rings. The summed E-state index contributed by atoms with van der Waals surface area (Å²) in [5.41, 5.74) is 2.75. The normalized spacial score (nSPS) is 13.9. The molecule has 2 heterocycles. The Morgan fingerprint density at radius 1 is 1.20 bits per heavy atom. The summed E-state index contributed by atoms with van der Waals surface area (Å²) in [6.07, 6.45) is 1.98. The van der Waals surface area contributed by atoms with Gasteiger partial charge in [-0.05, 0) is 41.5 Å². The maximum Gasteiger partial charge on any atom is 0.317 e. The van der Waals surface area contributed by atoms with Gasteiger partial charge in [0.05, 0.1) is 7.11 Å². The molecule has 0 radical (unpaired) electrons. The molecule has 0 spiro atoms. The van der Waals surface area contributed by atoms with Crippen molar-refractivity contribution < 1.29 is 19.0 Å². The Morgan fingerprint density at radius 2 is 2.00 bits per heavy atom. The number of ether oxygens (including phenoxy) is 3. The van der Waals surface area contributed by atoms with Gasteiger partial charge in [-0.3, -0.25) is 4.79 Å². The fraction of sp³-hybridized carbons (Fsp3) is 0.211. The van der Waals surface area contributed by atoms with Crippen LogP contribution < -0.4 is 9.47 Å². The molecule has 2 aromatic carbocycles. The predicted octanol–water partition coefficient (Wildman–Crippen LogP) is 3.97. The van der Waals surface area contributed by atoms with Crippen molar-refractivity contribution >= 4 is 32.8 Å². The quantitative estimate of drug-likeness (QED) is 0.622. The van der Waals surface area contributed by atoms with Gasteiger partial charge in [-0.25, -0.2) is 0 Å². The molecule has 1 aromatic heterocycles. The second kappa shape index (κ2) is 6.11. The first-order valence-electron chi connectivity index (χ1n) is 7.80. The molecule has 0 bridgehead atoms. The van der Waals surface area contributed by atoms with E-state index in [1.807, 2.05) is 54.2 Å². The Labute approximate surface area is 153 Å². The summed E-state index contributed by atoms with van der Waals surface area (Å²) < 4.78 is 18.9. The number of nitrogens with zero attached hydrogens (tertiary/aromatic N) is 1. The van der Waals surface area contributed by atoms with Gasteiger partial charge >= 0.3 is 5.97 Å². The highest BCUT2D eigenvalue weighted by molar-refractivity contribution is 9.10. The molecular weight excluding hydrogens is 386 g/mol. The number of esters is 1. The Balaban J connectivity index is 1.91. The molecule has 0 aliphatic carbocycles. The summed E-state index contributed by atoms with van der Waals surface area (Å²) in [6.45, 7) is 0.197. The number of hydrogen-bond acceptors (Lipinski definition) is 4. The summed E-state index contributed by atoms with van der Waals surface area (Å²) in [7, 11) is 3.37. The first kappa shape index (κ1) is 16.0. The molecule has 128 valence electrons. The summed E-state index contributed by atoms with van der Waals surface area (Å²) in [5.74, 6) is 0.477. The highest BCUT2D eigenvalue weighted by atomic mass is 79.9. The van der Waals surface area contributed by atoms with Crippen LogP contribution in [-0.2, 0) is 16.6 Å². The molecule has 25 heavy (non-hydrogen) atoms. The summed E-state index contributed by atoms with van der Waals surface area (Å²) >= 11 is 3.51. The highest BCUT2D eigenvalue weighted by Crippen LogP contribution is 2.39. The minimum absolute atomic E-state index is 0.197. The van der Waals surface area contributed by atoms with E-state index in [4.69, 9.17) is 14.2 Å². The van der Waals surface area contributed by atoms with Gasteiger partial charge in [0.25, 0.3) is 0 Å². The van der Waals surface area contributed by atoms with Crippen molar-refractivity contribution in [1.82, 2.24) is 4.57 Å². The lowest BCUT2D eigenvalue weighted by Crippen LogP contribution is -2.15. The van der Waals surface area contributed by atoms with E-state index in [0.717, 1.165) is 26.5 Å². The van der Waals surface area contributed by atoms with Crippen LogP contribution in [0.2, 0.25) is 0 Å². The third-order valence-corrected chi connectivity index (χ3v) is 4.95. The molecule has 3 aromatic rings. The number of carbonyl (C=O) groups excluding carboxylic acids is 1. The number of aromatic nitrogens is 1. The van der Waals surface area contributed by atoms with Gasteiger partial charge in [-0.2, -0.15) is 0 Å². The second-order valence-corrected chi connectivity index (χ2v) is 6.84. The van der Waals surface area contributed by atoms with Gasteiger partial charge in [0.2, 0.25) is 6.79 Å². The van der Waals surface area contributed by atoms with Crippen molar-refractivity contribution in [1.29, 1.82) is 0 Å². The van der Waals surface area contributed by atoms with Crippen molar-refractivity contribution in [3.8, 4) is 11.5 Å². The van der Waals surface area contributed by atoms with Crippen LogP contribution in [0.1, 0.15) is 17.0 Å². The third-order valence-electron chi connectivity index (χ3n) is 4.46. The van der Waals surface area contributed by atoms with Gasteiger partial charge in [0.15, 0.2) is 11.5 Å². The standard InChI is InChI=1S/C19H16BrNO4/c1-21-9-14(13-8-12(20)4-5-15(13)21)18(19(22)23-2)11-3-6-16-17(7-11)25-10-24-16/h3-9,18H,10H2,1-2H3. The van der Waals surface area contributed by atoms with E-state index < -0.39 is 5.92 Å². The van der Waals surface area contributed by atoms with Crippen molar-refractivity contribution in [2.24, 2.45) is 7.05 Å². The summed E-state index contributed by atoms with van der Waals surface area (Å²) in [5, 5.41) is 1.00. The first-order chi connectivity index (χ1) is 12.1. The van der Waals surface area contributed by atoms with E-state index in [0.29, 0.717) is 11.5 Å². The van der Waals surface area contributed by atoms with Crippen LogP contribution in [-0.4, -0.2) is 24.4 Å². The molecule has 1 aliphatic heterocycles. The van der Waals surface area contributed by atoms with E-state index in [-0.39, 0.29) is 12.8 Å². The van der Waals surface area contributed by atoms with E-state index in [1.165, 1.54) is 7.11 Å². The summed E-state index contributed by atoms with van der Waals surface area (Å²) in [6, 6.07) is 11.6. The molecule has 1 aliphatic rings. The largest absolute Gasteiger partial charge is 0.468 e. The van der Waals surface area contributed by atoms with Crippen molar-refractivity contribution in [2.75, 3.05) is 13.9 Å². The smallest absolute Gasteiger partial charge is 0.317 e. The third kappa shape index (κ3) is 2.66. The number of hydrogen-bond donors (Lipinski definition) is 0. The molecule has 0 saturated carbocycles. The molecule has 1 unspecified atom stereocenters. The van der Waals surface area contributed by atoms with Gasteiger partial charge < -0.3 is 18.8 Å². The zero-order valence-electron chi connectivity index (χ0n) is 13.8. The van der Waals surface area contributed by atoms with E-state index >= 15 is 0 Å². The number of halogens is 1. The van der Waals surface area contributed by atoms with Crippen LogP contribution >= 0.6 is 15.9 Å². The van der Waals surface area contributed by atoms with Crippen LogP contribution in [0.4, 0.5) is 0 Å². The predicted molar refractivity (Wildman–Crippen MR) is 97.0 cm³/mol. The number of carbonyl (C=O) groups is 1. The molecule has 5 nitrogen and oxygen atoms in total. The number of fused-ring (bicyclic) bond motifs is 2. The lowest BCUT2D eigenvalue weighted by atomic mass is 9.91. The average molecular weight is 402 g/mol. The average Bonchev–Trinajstić information content (AvgIpc) is 3.19. The van der Waals surface area contributed by atoms with Crippen LogP contribution in [0.5, 0.6) is 11.5 Å². The maximum absolute atomic E-state index is 12.6. The van der Waals surface area contributed by atoms with Crippen LogP contribution in [0.3, 0.4) is 0 Å². The molecule has 0 amide bonds. The first-order valence-corrected chi connectivity index (χ1v) is 8.59. The molecule has 6 heteroatoms. The van der Waals surface area contributed by atoms with E-state index in [9.17, 15) is 4.79 Å². The second-order valence-electron chi connectivity index (χ2n) is 5.93. The number of aryl methyl sites for hydroxylation is 1. The molecule has 0 N–H and O–H groups in total. The van der Waals surface area contributed by atoms with Crippen LogP contribution in [0, 0.1) is 0 Å². The van der Waals surface area contributed by atoms with Gasteiger partial charge in [-0.1, -0.05) is 22.0 Å². The Bertz CT molecular complexity index is 979. The topological polar surface area (TPSA) is 49.7 Å². The Morgan fingerprint density at radius 3 is 2.80 bits per heavy atom. The van der Waals surface area contributed by atoms with Gasteiger partial charge in [-0.15, -0.1) is 0 Å². The van der Waals surface area contributed by atoms with E-state index in [1.54, 1.807) is 0 Å². The van der Waals surface area contributed by atoms with Crippen molar-refractivity contribution in [3.05, 3.63) is 58.2 Å². The number of rotatable bonds is 3. The van der Waals surface area contributed by atoms with Gasteiger partial charge in [0.1, 0.15) is 5.92 Å². The lowest BCUT2D eigenvalue weighted by molar-refractivity contribution is -0.141. The number of methoxy groups -OCH3 is 1. The van der Waals surface area contributed by atoms with Crippen molar-refractivity contribution in [2.45, 2.75) is 5.92 Å². The van der Waals surface area contributed by atoms with E-state index in [2.05, 4.69) is 15.9 Å². The van der Waals surface area contributed by atoms with Crippen molar-refractivity contribution in [3.63, 3.8) is 0 Å². The fourth-order valence-electron chi connectivity index (χ4n) is 3.28. The SMILES string of the molecule is COC(=O)C(c1ccc2c(c1)OCO2)c1cn(C)c2ccc(Br)cc12. The molecule has 1 atom stereocenters. The minimum atomic E-state index is -0.544. The lowest BCUT2D eigenvalue weighted by Gasteiger charge is -2.15. The highest BCUT2D eigenvalue weighted by Gasteiger charge is 2.29. The minimum Gasteiger partial charge on any atom is -0.468 e. The Kier molecular flexibility index (Phi) is 3.92. The molecule has 4 rings (SSSR count). The monoisotopic (exact) mass is 401 g/mol. The van der Waals surface area contributed by atoms with Crippen LogP contribution in [0.25, 0.3) is 10.9 Å². The zero-order chi connectivity index (χ0) is 17.6. The van der Waals surface area contributed by atoms with Crippen LogP contribution in [0.15, 0.2) is 47.1 Å². The van der Waals surface area contributed by atoms with Gasteiger partial charge in [0, 0.05) is 28.6 Å². The fourth-order valence-corrected chi connectivity index (χ4v) is 3.64.